The quantitative estimate of drug-likeness (QED) is 0.515. The van der Waals surface area contributed by atoms with Crippen LogP contribution in [-0.4, -0.2) is 39.7 Å². The van der Waals surface area contributed by atoms with Gasteiger partial charge in [-0.25, -0.2) is 8.42 Å². The zero-order valence-electron chi connectivity index (χ0n) is 12.0. The van der Waals surface area contributed by atoms with E-state index in [-0.39, 0.29) is 17.5 Å². The van der Waals surface area contributed by atoms with Crippen LogP contribution in [-0.2, 0) is 14.6 Å². The SMILES string of the molecule is CCC(C)C(N)C(C)=CCS(=O)(=O)CCCOC. The molecule has 0 spiro atoms. The summed E-state index contributed by atoms with van der Waals surface area (Å²) in [6.07, 6.45) is 3.29. The van der Waals surface area contributed by atoms with Crippen molar-refractivity contribution in [1.82, 2.24) is 0 Å². The van der Waals surface area contributed by atoms with Crippen LogP contribution in [0, 0.1) is 5.92 Å². The first-order chi connectivity index (χ1) is 8.34. The van der Waals surface area contributed by atoms with Crippen LogP contribution in [0.25, 0.3) is 0 Å². The molecule has 0 aliphatic heterocycles. The Balaban J connectivity index is 4.35. The average Bonchev–Trinajstić information content (AvgIpc) is 2.34. The fraction of sp³-hybridized carbons (Fsp3) is 0.846. The van der Waals surface area contributed by atoms with Crippen LogP contribution in [0.15, 0.2) is 11.6 Å². The van der Waals surface area contributed by atoms with Gasteiger partial charge < -0.3 is 10.5 Å². The molecule has 4 nitrogen and oxygen atoms in total. The van der Waals surface area contributed by atoms with Crippen LogP contribution in [0.3, 0.4) is 0 Å². The van der Waals surface area contributed by atoms with Gasteiger partial charge in [0.05, 0.1) is 11.5 Å². The highest BCUT2D eigenvalue weighted by Gasteiger charge is 2.14. The Hall–Kier alpha value is -0.390. The predicted octanol–water partition coefficient (Wildman–Crippen LogP) is 1.76. The van der Waals surface area contributed by atoms with E-state index in [1.165, 1.54) is 0 Å². The van der Waals surface area contributed by atoms with E-state index < -0.39 is 9.84 Å². The maximum absolute atomic E-state index is 11.7. The van der Waals surface area contributed by atoms with E-state index >= 15 is 0 Å². The molecule has 0 aliphatic rings. The highest BCUT2D eigenvalue weighted by molar-refractivity contribution is 7.91. The third-order valence-electron chi connectivity index (χ3n) is 3.25. The second-order valence-corrected chi connectivity index (χ2v) is 7.05. The first-order valence-electron chi connectivity index (χ1n) is 6.45. The van der Waals surface area contributed by atoms with Crippen molar-refractivity contribution in [3.05, 3.63) is 11.6 Å². The van der Waals surface area contributed by atoms with E-state index in [1.807, 2.05) is 6.92 Å². The molecule has 0 saturated carbocycles. The average molecular weight is 277 g/mol. The molecule has 0 aliphatic carbocycles. The molecule has 0 radical (unpaired) electrons. The number of ether oxygens (including phenoxy) is 1. The lowest BCUT2D eigenvalue weighted by Crippen LogP contribution is -2.29. The summed E-state index contributed by atoms with van der Waals surface area (Å²) in [7, 11) is -1.46. The summed E-state index contributed by atoms with van der Waals surface area (Å²) in [6.45, 7) is 6.55. The number of nitrogens with two attached hydrogens (primary N) is 1. The summed E-state index contributed by atoms with van der Waals surface area (Å²) in [5.74, 6) is 0.619. The molecule has 18 heavy (non-hydrogen) atoms. The van der Waals surface area contributed by atoms with Gasteiger partial charge in [-0.2, -0.15) is 0 Å². The minimum absolute atomic E-state index is 0.0517. The van der Waals surface area contributed by atoms with Crippen LogP contribution in [0.4, 0.5) is 0 Å². The maximum atomic E-state index is 11.7. The largest absolute Gasteiger partial charge is 0.385 e. The molecule has 0 fully saturated rings. The second kappa shape index (κ2) is 8.67. The van der Waals surface area contributed by atoms with Gasteiger partial charge in [0.2, 0.25) is 0 Å². The van der Waals surface area contributed by atoms with Crippen LogP contribution >= 0.6 is 0 Å². The third kappa shape index (κ3) is 7.13. The normalized spacial score (nSPS) is 16.6. The van der Waals surface area contributed by atoms with Crippen molar-refractivity contribution in [3.8, 4) is 0 Å². The number of rotatable bonds is 9. The van der Waals surface area contributed by atoms with Crippen molar-refractivity contribution >= 4 is 9.84 Å². The molecular formula is C13H27NO3S. The first kappa shape index (κ1) is 17.6. The molecule has 2 N–H and O–H groups in total. The summed E-state index contributed by atoms with van der Waals surface area (Å²) < 4.78 is 28.3. The van der Waals surface area contributed by atoms with Gasteiger partial charge in [0, 0.05) is 19.8 Å². The van der Waals surface area contributed by atoms with E-state index in [4.69, 9.17) is 10.5 Å². The van der Waals surface area contributed by atoms with Gasteiger partial charge in [-0.05, 0) is 19.3 Å². The number of hydrogen-bond acceptors (Lipinski definition) is 4. The van der Waals surface area contributed by atoms with Crippen LogP contribution in [0.5, 0.6) is 0 Å². The zero-order chi connectivity index (χ0) is 14.2. The topological polar surface area (TPSA) is 69.4 Å². The number of hydrogen-bond donors (Lipinski definition) is 1. The van der Waals surface area contributed by atoms with Crippen LogP contribution in [0.2, 0.25) is 0 Å². The van der Waals surface area contributed by atoms with E-state index in [0.717, 1.165) is 12.0 Å². The summed E-state index contributed by atoms with van der Waals surface area (Å²) >= 11 is 0. The molecule has 108 valence electrons. The maximum Gasteiger partial charge on any atom is 0.153 e. The highest BCUT2D eigenvalue weighted by Crippen LogP contribution is 2.13. The smallest absolute Gasteiger partial charge is 0.153 e. The van der Waals surface area contributed by atoms with Crippen molar-refractivity contribution in [2.24, 2.45) is 11.7 Å². The van der Waals surface area contributed by atoms with Crippen molar-refractivity contribution < 1.29 is 13.2 Å². The first-order valence-corrected chi connectivity index (χ1v) is 8.27. The molecule has 5 heteroatoms. The number of sulfone groups is 1. The summed E-state index contributed by atoms with van der Waals surface area (Å²) in [4.78, 5) is 0. The lowest BCUT2D eigenvalue weighted by Gasteiger charge is -2.19. The van der Waals surface area contributed by atoms with E-state index in [1.54, 1.807) is 13.2 Å². The second-order valence-electron chi connectivity index (χ2n) is 4.82. The summed E-state index contributed by atoms with van der Waals surface area (Å²) in [5.41, 5.74) is 7.00. The Kier molecular flexibility index (Phi) is 8.48. The fourth-order valence-corrected chi connectivity index (χ4v) is 2.84. The van der Waals surface area contributed by atoms with Crippen molar-refractivity contribution in [2.45, 2.75) is 39.7 Å². The Bertz CT molecular complexity index is 349. The molecule has 0 amide bonds. The lowest BCUT2D eigenvalue weighted by atomic mass is 9.94. The highest BCUT2D eigenvalue weighted by atomic mass is 32.2. The third-order valence-corrected chi connectivity index (χ3v) is 4.83. The van der Waals surface area contributed by atoms with Gasteiger partial charge in [-0.1, -0.05) is 31.9 Å². The molecule has 0 bridgehead atoms. The molecule has 0 aromatic carbocycles. The minimum atomic E-state index is -3.03. The fourth-order valence-electron chi connectivity index (χ4n) is 1.60. The molecule has 0 heterocycles. The lowest BCUT2D eigenvalue weighted by molar-refractivity contribution is 0.199. The Morgan fingerprint density at radius 3 is 2.56 bits per heavy atom. The van der Waals surface area contributed by atoms with Gasteiger partial charge in [0.15, 0.2) is 9.84 Å². The molecule has 2 unspecified atom stereocenters. The molecule has 0 aromatic heterocycles. The van der Waals surface area contributed by atoms with Gasteiger partial charge in [-0.3, -0.25) is 0 Å². The van der Waals surface area contributed by atoms with Gasteiger partial charge in [0.25, 0.3) is 0 Å². The van der Waals surface area contributed by atoms with E-state index in [0.29, 0.717) is 18.9 Å². The molecule has 0 saturated heterocycles. The van der Waals surface area contributed by atoms with Crippen LogP contribution in [0.1, 0.15) is 33.6 Å². The van der Waals surface area contributed by atoms with Crippen molar-refractivity contribution in [2.75, 3.05) is 25.2 Å². The van der Waals surface area contributed by atoms with Crippen LogP contribution < -0.4 is 5.73 Å². The van der Waals surface area contributed by atoms with Gasteiger partial charge in [-0.15, -0.1) is 0 Å². The Labute approximate surface area is 112 Å². The standard InChI is InChI=1S/C13H27NO3S/c1-5-11(2)13(14)12(3)7-10-18(15,16)9-6-8-17-4/h7,11,13H,5-6,8-10,14H2,1-4H3. The molecule has 0 rings (SSSR count). The zero-order valence-corrected chi connectivity index (χ0v) is 12.8. The number of methoxy groups -OCH3 is 1. The molecular weight excluding hydrogens is 250 g/mol. The van der Waals surface area contributed by atoms with E-state index in [2.05, 4.69) is 13.8 Å². The van der Waals surface area contributed by atoms with Gasteiger partial charge >= 0.3 is 0 Å². The monoisotopic (exact) mass is 277 g/mol. The van der Waals surface area contributed by atoms with Crippen molar-refractivity contribution in [3.63, 3.8) is 0 Å². The predicted molar refractivity (Wildman–Crippen MR) is 76.3 cm³/mol. The molecule has 2 atom stereocenters. The molecule has 0 aromatic rings. The Morgan fingerprint density at radius 1 is 1.44 bits per heavy atom. The minimum Gasteiger partial charge on any atom is -0.385 e. The van der Waals surface area contributed by atoms with Gasteiger partial charge in [0.1, 0.15) is 0 Å². The summed E-state index contributed by atoms with van der Waals surface area (Å²) in [5, 5.41) is 0. The van der Waals surface area contributed by atoms with Crippen molar-refractivity contribution in [1.29, 1.82) is 0 Å². The van der Waals surface area contributed by atoms with E-state index in [9.17, 15) is 8.42 Å². The Morgan fingerprint density at radius 2 is 2.06 bits per heavy atom. The summed E-state index contributed by atoms with van der Waals surface area (Å²) in [6, 6.07) is -0.0517.